The minimum absolute atomic E-state index is 0.149. The Morgan fingerprint density at radius 3 is 3.07 bits per heavy atom. The maximum Gasteiger partial charge on any atom is 0.227 e. The van der Waals surface area contributed by atoms with Gasteiger partial charge in [0.15, 0.2) is 11.6 Å². The van der Waals surface area contributed by atoms with Crippen LogP contribution in [0.2, 0.25) is 0 Å². The number of anilines is 3. The number of nitrogens with one attached hydrogen (secondary N) is 2. The molecule has 2 N–H and O–H groups in total. The van der Waals surface area contributed by atoms with Gasteiger partial charge < -0.3 is 15.4 Å². The van der Waals surface area contributed by atoms with E-state index in [1.165, 1.54) is 6.33 Å². The van der Waals surface area contributed by atoms with Crippen LogP contribution in [0.15, 0.2) is 65.5 Å². The first-order valence-electron chi connectivity index (χ1n) is 8.84. The minimum atomic E-state index is -0.149. The van der Waals surface area contributed by atoms with Crippen LogP contribution in [0.1, 0.15) is 12.0 Å². The average Bonchev–Trinajstić information content (AvgIpc) is 2.72. The highest BCUT2D eigenvalue weighted by atomic mass is 16.5. The van der Waals surface area contributed by atoms with Crippen molar-refractivity contribution in [2.75, 3.05) is 16.8 Å². The van der Waals surface area contributed by atoms with Gasteiger partial charge in [0.05, 0.1) is 29.9 Å². The molecule has 0 spiro atoms. The highest BCUT2D eigenvalue weighted by molar-refractivity contribution is 5.85. The second kappa shape index (κ2) is 6.66. The molecule has 0 saturated carbocycles. The lowest BCUT2D eigenvalue weighted by Gasteiger charge is -2.30. The molecule has 1 aromatic carbocycles. The number of hydrogen-bond acceptors (Lipinski definition) is 7. The van der Waals surface area contributed by atoms with Gasteiger partial charge in [-0.15, -0.1) is 0 Å². The Morgan fingerprint density at radius 2 is 2.11 bits per heavy atom. The lowest BCUT2D eigenvalue weighted by Crippen LogP contribution is -2.32. The molecule has 8 nitrogen and oxygen atoms in total. The molecule has 4 heterocycles. The molecule has 5 bridgehead atoms. The summed E-state index contributed by atoms with van der Waals surface area (Å²) < 4.78 is 6.23. The van der Waals surface area contributed by atoms with E-state index in [1.807, 2.05) is 35.2 Å². The van der Waals surface area contributed by atoms with Gasteiger partial charge in [-0.2, -0.15) is 0 Å². The normalized spacial score (nSPS) is 19.1. The van der Waals surface area contributed by atoms with Crippen molar-refractivity contribution in [1.29, 1.82) is 0 Å². The summed E-state index contributed by atoms with van der Waals surface area (Å²) >= 11 is 0. The van der Waals surface area contributed by atoms with Gasteiger partial charge in [-0.3, -0.25) is 14.7 Å². The monoisotopic (exact) mass is 372 g/mol. The number of amides is 1. The van der Waals surface area contributed by atoms with E-state index in [1.54, 1.807) is 24.6 Å². The van der Waals surface area contributed by atoms with Crippen molar-refractivity contribution in [2.24, 2.45) is 4.99 Å². The molecule has 1 amide bonds. The number of para-hydroxylation sites is 2. The van der Waals surface area contributed by atoms with Crippen molar-refractivity contribution in [3.8, 4) is 5.75 Å². The molecular formula is C20H16N6O2. The summed E-state index contributed by atoms with van der Waals surface area (Å²) in [6, 6.07) is 7.60. The standard InChI is InChI=1S/C20H16N6O2/c27-17-6-7-18-26-11-13(21-8-3-9-22-17)10-14-19(23-12-24-20(14)26)25-15-4-1-2-5-16(15)28-18/h1-5,7-10,12H,6,11H2,(H,22,27)(H,23,24,25)/b9-3?,18-7+,21-8?. The fraction of sp³-hybridized carbons (Fsp3) is 0.100. The van der Waals surface area contributed by atoms with Crippen molar-refractivity contribution >= 4 is 35.5 Å². The lowest BCUT2D eigenvalue weighted by molar-refractivity contribution is -0.119. The molecule has 8 heteroatoms. The fourth-order valence-corrected chi connectivity index (χ4v) is 3.21. The second-order valence-corrected chi connectivity index (χ2v) is 6.36. The van der Waals surface area contributed by atoms with E-state index in [0.717, 1.165) is 16.9 Å². The van der Waals surface area contributed by atoms with E-state index in [0.29, 0.717) is 29.8 Å². The van der Waals surface area contributed by atoms with Crippen LogP contribution in [0.3, 0.4) is 0 Å². The molecule has 0 atom stereocenters. The van der Waals surface area contributed by atoms with Gasteiger partial charge in [-0.1, -0.05) is 12.1 Å². The molecule has 1 aromatic heterocycles. The minimum Gasteiger partial charge on any atom is -0.439 e. The van der Waals surface area contributed by atoms with Crippen molar-refractivity contribution in [3.05, 3.63) is 66.1 Å². The summed E-state index contributed by atoms with van der Waals surface area (Å²) in [5, 5.41) is 6.04. The first-order valence-corrected chi connectivity index (χ1v) is 8.84. The van der Waals surface area contributed by atoms with Crippen molar-refractivity contribution in [3.63, 3.8) is 0 Å². The fourth-order valence-electron chi connectivity index (χ4n) is 3.21. The number of benzene rings is 1. The number of allylic oxidation sites excluding steroid dienone is 1. The van der Waals surface area contributed by atoms with E-state index >= 15 is 0 Å². The molecule has 3 aliphatic heterocycles. The van der Waals surface area contributed by atoms with E-state index in [-0.39, 0.29) is 12.3 Å². The topological polar surface area (TPSA) is 91.7 Å². The smallest absolute Gasteiger partial charge is 0.227 e. The molecule has 28 heavy (non-hydrogen) atoms. The number of carbonyl (C=O) groups is 1. The van der Waals surface area contributed by atoms with Crippen LogP contribution in [0.5, 0.6) is 5.75 Å². The molecule has 2 aromatic rings. The number of nitrogens with zero attached hydrogens (tertiary/aromatic N) is 4. The molecule has 0 radical (unpaired) electrons. The van der Waals surface area contributed by atoms with Crippen molar-refractivity contribution < 1.29 is 9.53 Å². The van der Waals surface area contributed by atoms with Gasteiger partial charge in [0.1, 0.15) is 18.0 Å². The summed E-state index contributed by atoms with van der Waals surface area (Å²) in [7, 11) is 0. The number of fused-ring (bicyclic) bond motifs is 2. The third-order valence-corrected chi connectivity index (χ3v) is 4.50. The first-order chi connectivity index (χ1) is 13.8. The van der Waals surface area contributed by atoms with Crippen LogP contribution in [0.25, 0.3) is 6.08 Å². The second-order valence-electron chi connectivity index (χ2n) is 6.36. The highest BCUT2D eigenvalue weighted by Gasteiger charge is 2.28. The Morgan fingerprint density at radius 1 is 1.18 bits per heavy atom. The molecule has 0 aliphatic carbocycles. The number of rotatable bonds is 0. The average molecular weight is 372 g/mol. The van der Waals surface area contributed by atoms with Crippen LogP contribution in [0.4, 0.5) is 17.3 Å². The van der Waals surface area contributed by atoms with Gasteiger partial charge in [-0.05, 0) is 30.4 Å². The van der Waals surface area contributed by atoms with Crippen LogP contribution in [0, 0.1) is 0 Å². The zero-order chi connectivity index (χ0) is 18.9. The Hall–Kier alpha value is -3.94. The summed E-state index contributed by atoms with van der Waals surface area (Å²) in [4.78, 5) is 27.4. The molecule has 0 unspecified atom stereocenters. The van der Waals surface area contributed by atoms with E-state index < -0.39 is 0 Å². The van der Waals surface area contributed by atoms with Gasteiger partial charge in [0.25, 0.3) is 0 Å². The number of aliphatic imine (C=N–C) groups is 1. The van der Waals surface area contributed by atoms with E-state index in [2.05, 4.69) is 25.6 Å². The molecule has 138 valence electrons. The lowest BCUT2D eigenvalue weighted by atomic mass is 10.1. The number of hydrogen-bond donors (Lipinski definition) is 2. The number of ether oxygens (including phenoxy) is 1. The summed E-state index contributed by atoms with van der Waals surface area (Å²) in [6.45, 7) is 0.462. The Balaban J connectivity index is 1.76. The molecule has 3 aliphatic rings. The summed E-state index contributed by atoms with van der Waals surface area (Å²) in [6.07, 6.45) is 10.3. The zero-order valence-electron chi connectivity index (χ0n) is 14.8. The number of aromatic nitrogens is 2. The maximum absolute atomic E-state index is 12.1. The third kappa shape index (κ3) is 2.90. The van der Waals surface area contributed by atoms with Gasteiger partial charge in [0, 0.05) is 12.4 Å². The molecule has 0 saturated heterocycles. The summed E-state index contributed by atoms with van der Waals surface area (Å²) in [5.74, 6) is 2.36. The van der Waals surface area contributed by atoms with E-state index in [4.69, 9.17) is 4.74 Å². The van der Waals surface area contributed by atoms with Crippen LogP contribution < -0.4 is 20.3 Å². The Bertz CT molecular complexity index is 1090. The SMILES string of the molecule is O=C1C/C=C2/Oc3ccccc3Nc3ncnc4c3C=C(CN24)N=CC=CN1. The zero-order valence-corrected chi connectivity index (χ0v) is 14.8. The Labute approximate surface area is 161 Å². The van der Waals surface area contributed by atoms with Crippen LogP contribution in [-0.4, -0.2) is 28.6 Å². The maximum atomic E-state index is 12.1. The predicted molar refractivity (Wildman–Crippen MR) is 106 cm³/mol. The van der Waals surface area contributed by atoms with Crippen molar-refractivity contribution in [1.82, 2.24) is 15.3 Å². The van der Waals surface area contributed by atoms with E-state index in [9.17, 15) is 4.79 Å². The van der Waals surface area contributed by atoms with Crippen molar-refractivity contribution in [2.45, 2.75) is 6.42 Å². The molecular weight excluding hydrogens is 356 g/mol. The van der Waals surface area contributed by atoms with Gasteiger partial charge in [-0.25, -0.2) is 9.97 Å². The largest absolute Gasteiger partial charge is 0.439 e. The molecule has 0 fully saturated rings. The Kier molecular flexibility index (Phi) is 3.86. The van der Waals surface area contributed by atoms with Gasteiger partial charge in [0.2, 0.25) is 5.91 Å². The quantitative estimate of drug-likeness (QED) is 0.739. The molecule has 5 rings (SSSR count). The van der Waals surface area contributed by atoms with Crippen LogP contribution in [-0.2, 0) is 4.79 Å². The van der Waals surface area contributed by atoms with Crippen LogP contribution >= 0.6 is 0 Å². The first kappa shape index (κ1) is 16.2. The van der Waals surface area contributed by atoms with Gasteiger partial charge >= 0.3 is 0 Å². The summed E-state index contributed by atoms with van der Waals surface area (Å²) in [5.41, 5.74) is 2.41. The number of carbonyl (C=O) groups excluding carboxylic acids is 1. The highest BCUT2D eigenvalue weighted by Crippen LogP contribution is 2.39. The predicted octanol–water partition coefficient (Wildman–Crippen LogP) is 2.72. The third-order valence-electron chi connectivity index (χ3n) is 4.50.